The number of aliphatic hydroxyl groups excluding tert-OH is 1. The van der Waals surface area contributed by atoms with Crippen molar-refractivity contribution in [3.05, 3.63) is 21.7 Å². The van der Waals surface area contributed by atoms with Crippen LogP contribution in [0.1, 0.15) is 17.2 Å². The van der Waals surface area contributed by atoms with Crippen molar-refractivity contribution in [1.82, 2.24) is 5.32 Å². The Bertz CT molecular complexity index is 423. The van der Waals surface area contributed by atoms with E-state index >= 15 is 0 Å². The molecule has 0 aromatic heterocycles. The summed E-state index contributed by atoms with van der Waals surface area (Å²) in [7, 11) is 1.81. The standard InChI is InChI=1S/C12H16BrNO3/c1-7-8(13)5-10-12(17-4-3-16-10)11(7)9(15)6-14-2/h5,9,14-15H,3-4,6H2,1-2H3. The Balaban J connectivity index is 2.50. The largest absolute Gasteiger partial charge is 0.486 e. The maximum atomic E-state index is 10.2. The smallest absolute Gasteiger partial charge is 0.167 e. The zero-order valence-electron chi connectivity index (χ0n) is 9.92. The highest BCUT2D eigenvalue weighted by Gasteiger charge is 2.24. The first-order chi connectivity index (χ1) is 8.15. The first kappa shape index (κ1) is 12.7. The van der Waals surface area contributed by atoms with Gasteiger partial charge in [0.2, 0.25) is 0 Å². The van der Waals surface area contributed by atoms with Crippen molar-refractivity contribution >= 4 is 15.9 Å². The predicted molar refractivity (Wildman–Crippen MR) is 68.8 cm³/mol. The molecule has 1 unspecified atom stereocenters. The first-order valence-corrected chi connectivity index (χ1v) is 6.35. The van der Waals surface area contributed by atoms with E-state index in [9.17, 15) is 5.11 Å². The van der Waals surface area contributed by atoms with Crippen molar-refractivity contribution in [2.75, 3.05) is 26.8 Å². The molecule has 1 atom stereocenters. The molecule has 1 heterocycles. The molecule has 2 rings (SSSR count). The van der Waals surface area contributed by atoms with Gasteiger partial charge in [0.15, 0.2) is 11.5 Å². The van der Waals surface area contributed by atoms with Gasteiger partial charge in [-0.3, -0.25) is 0 Å². The van der Waals surface area contributed by atoms with Gasteiger partial charge in [-0.05, 0) is 25.6 Å². The number of benzene rings is 1. The highest BCUT2D eigenvalue weighted by atomic mass is 79.9. The fourth-order valence-electron chi connectivity index (χ4n) is 1.97. The van der Waals surface area contributed by atoms with Crippen molar-refractivity contribution in [2.24, 2.45) is 0 Å². The maximum Gasteiger partial charge on any atom is 0.167 e. The normalized spacial score (nSPS) is 15.8. The monoisotopic (exact) mass is 301 g/mol. The number of fused-ring (bicyclic) bond motifs is 1. The van der Waals surface area contributed by atoms with E-state index in [-0.39, 0.29) is 0 Å². The Morgan fingerprint density at radius 3 is 2.88 bits per heavy atom. The zero-order valence-corrected chi connectivity index (χ0v) is 11.5. The lowest BCUT2D eigenvalue weighted by Crippen LogP contribution is -2.22. The molecule has 1 aliphatic heterocycles. The summed E-state index contributed by atoms with van der Waals surface area (Å²) in [6.07, 6.45) is -0.604. The minimum atomic E-state index is -0.604. The summed E-state index contributed by atoms with van der Waals surface area (Å²) in [6.45, 7) is 3.50. The Morgan fingerprint density at radius 2 is 2.18 bits per heavy atom. The summed E-state index contributed by atoms with van der Waals surface area (Å²) >= 11 is 3.48. The van der Waals surface area contributed by atoms with Gasteiger partial charge in [-0.25, -0.2) is 0 Å². The Kier molecular flexibility index (Phi) is 3.91. The summed E-state index contributed by atoms with van der Waals surface area (Å²) < 4.78 is 12.1. The Labute approximate surface area is 109 Å². The third-order valence-electron chi connectivity index (χ3n) is 2.81. The van der Waals surface area contributed by atoms with Crippen LogP contribution in [0, 0.1) is 6.92 Å². The number of hydrogen-bond donors (Lipinski definition) is 2. The number of nitrogens with one attached hydrogen (secondary N) is 1. The highest BCUT2D eigenvalue weighted by molar-refractivity contribution is 9.10. The van der Waals surface area contributed by atoms with Gasteiger partial charge in [0.25, 0.3) is 0 Å². The SMILES string of the molecule is CNCC(O)c1c(C)c(Br)cc2c1OCCO2. The zero-order chi connectivity index (χ0) is 12.4. The van der Waals surface area contributed by atoms with E-state index < -0.39 is 6.10 Å². The molecule has 0 radical (unpaired) electrons. The van der Waals surface area contributed by atoms with Crippen molar-refractivity contribution in [1.29, 1.82) is 0 Å². The molecule has 0 saturated heterocycles. The second-order valence-corrected chi connectivity index (χ2v) is 4.85. The van der Waals surface area contributed by atoms with Gasteiger partial charge in [0.05, 0.1) is 6.10 Å². The Hall–Kier alpha value is -0.780. The summed E-state index contributed by atoms with van der Waals surface area (Å²) in [5, 5.41) is 13.1. The summed E-state index contributed by atoms with van der Waals surface area (Å²) in [5.74, 6) is 1.36. The number of aliphatic hydroxyl groups is 1. The van der Waals surface area contributed by atoms with E-state index in [1.807, 2.05) is 13.0 Å². The molecule has 17 heavy (non-hydrogen) atoms. The van der Waals surface area contributed by atoms with Crippen molar-refractivity contribution < 1.29 is 14.6 Å². The van der Waals surface area contributed by atoms with E-state index in [1.54, 1.807) is 7.05 Å². The van der Waals surface area contributed by atoms with Crippen LogP contribution in [0.25, 0.3) is 0 Å². The van der Waals surface area contributed by atoms with Crippen LogP contribution in [0.15, 0.2) is 10.5 Å². The van der Waals surface area contributed by atoms with E-state index in [1.165, 1.54) is 0 Å². The van der Waals surface area contributed by atoms with Crippen molar-refractivity contribution in [2.45, 2.75) is 13.0 Å². The highest BCUT2D eigenvalue weighted by Crippen LogP contribution is 2.42. The van der Waals surface area contributed by atoms with Crippen LogP contribution < -0.4 is 14.8 Å². The quantitative estimate of drug-likeness (QED) is 0.894. The third-order valence-corrected chi connectivity index (χ3v) is 3.63. The third kappa shape index (κ3) is 2.41. The van der Waals surface area contributed by atoms with E-state index in [0.29, 0.717) is 31.3 Å². The van der Waals surface area contributed by atoms with Gasteiger partial charge in [-0.2, -0.15) is 0 Å². The van der Waals surface area contributed by atoms with Crippen LogP contribution in [0.2, 0.25) is 0 Å². The lowest BCUT2D eigenvalue weighted by molar-refractivity contribution is 0.145. The lowest BCUT2D eigenvalue weighted by Gasteiger charge is -2.25. The number of hydrogen-bond acceptors (Lipinski definition) is 4. The average Bonchev–Trinajstić information content (AvgIpc) is 2.31. The predicted octanol–water partition coefficient (Wildman–Crippen LogP) is 1.78. The molecule has 94 valence electrons. The van der Waals surface area contributed by atoms with Crippen LogP contribution in [0.3, 0.4) is 0 Å². The molecule has 1 aromatic rings. The number of likely N-dealkylation sites (N-methyl/N-ethyl adjacent to an activating group) is 1. The molecule has 2 N–H and O–H groups in total. The minimum Gasteiger partial charge on any atom is -0.486 e. The van der Waals surface area contributed by atoms with Gasteiger partial charge < -0.3 is 19.9 Å². The van der Waals surface area contributed by atoms with Gasteiger partial charge in [-0.15, -0.1) is 0 Å². The van der Waals surface area contributed by atoms with E-state index in [2.05, 4.69) is 21.2 Å². The molecule has 1 aliphatic rings. The second-order valence-electron chi connectivity index (χ2n) is 3.99. The van der Waals surface area contributed by atoms with Crippen molar-refractivity contribution in [3.63, 3.8) is 0 Å². The first-order valence-electron chi connectivity index (χ1n) is 5.56. The second kappa shape index (κ2) is 5.25. The fourth-order valence-corrected chi connectivity index (χ4v) is 2.39. The van der Waals surface area contributed by atoms with Gasteiger partial charge in [-0.1, -0.05) is 15.9 Å². The van der Waals surface area contributed by atoms with Crippen LogP contribution >= 0.6 is 15.9 Å². The average molecular weight is 302 g/mol. The molecule has 1 aromatic carbocycles. The van der Waals surface area contributed by atoms with Crippen LogP contribution in [0.5, 0.6) is 11.5 Å². The summed E-state index contributed by atoms with van der Waals surface area (Å²) in [6, 6.07) is 1.89. The maximum absolute atomic E-state index is 10.2. The minimum absolute atomic E-state index is 0.479. The molecule has 0 spiro atoms. The van der Waals surface area contributed by atoms with Gasteiger partial charge in [0.1, 0.15) is 13.2 Å². The topological polar surface area (TPSA) is 50.7 Å². The Morgan fingerprint density at radius 1 is 1.47 bits per heavy atom. The number of rotatable bonds is 3. The van der Waals surface area contributed by atoms with Gasteiger partial charge in [0, 0.05) is 16.6 Å². The molecule has 0 fully saturated rings. The lowest BCUT2D eigenvalue weighted by atomic mass is 10.0. The summed E-state index contributed by atoms with van der Waals surface area (Å²) in [4.78, 5) is 0. The molecular weight excluding hydrogens is 286 g/mol. The summed E-state index contributed by atoms with van der Waals surface area (Å²) in [5.41, 5.74) is 1.78. The molecule has 0 aliphatic carbocycles. The van der Waals surface area contributed by atoms with Crippen LogP contribution in [-0.2, 0) is 0 Å². The number of ether oxygens (including phenoxy) is 2. The van der Waals surface area contributed by atoms with E-state index in [4.69, 9.17) is 9.47 Å². The van der Waals surface area contributed by atoms with Crippen LogP contribution in [-0.4, -0.2) is 31.9 Å². The molecule has 5 heteroatoms. The molecule has 0 amide bonds. The van der Waals surface area contributed by atoms with E-state index in [0.717, 1.165) is 15.6 Å². The molecule has 0 bridgehead atoms. The number of halogens is 1. The van der Waals surface area contributed by atoms with Gasteiger partial charge >= 0.3 is 0 Å². The molecular formula is C12H16BrNO3. The van der Waals surface area contributed by atoms with Crippen molar-refractivity contribution in [3.8, 4) is 11.5 Å². The van der Waals surface area contributed by atoms with Crippen LogP contribution in [0.4, 0.5) is 0 Å². The molecule has 4 nitrogen and oxygen atoms in total. The molecule has 0 saturated carbocycles. The fraction of sp³-hybridized carbons (Fsp3) is 0.500.